The lowest BCUT2D eigenvalue weighted by molar-refractivity contribution is -0.384. The third-order valence-corrected chi connectivity index (χ3v) is 3.62. The number of hydrogen-bond donors (Lipinski definition) is 1. The predicted molar refractivity (Wildman–Crippen MR) is 90.9 cm³/mol. The molecular weight excluding hydrogens is 324 g/mol. The molecule has 0 bridgehead atoms. The molecule has 0 saturated heterocycles. The standard InChI is InChI=1S/C18H18N2O5/c1-25-18(22)16(11-14-7-9-15(10-8-14)20(23)24)19-17(21)12-13-5-3-2-4-6-13/h2-10,16H,11-12H2,1H3,(H,19,21)/t16-/m0/s1. The van der Waals surface area contributed by atoms with Gasteiger partial charge in [-0.25, -0.2) is 4.79 Å². The summed E-state index contributed by atoms with van der Waals surface area (Å²) in [4.78, 5) is 34.3. The van der Waals surface area contributed by atoms with Crippen LogP contribution in [0.25, 0.3) is 0 Å². The molecule has 1 atom stereocenters. The first-order chi connectivity index (χ1) is 12.0. The van der Waals surface area contributed by atoms with Crippen LogP contribution < -0.4 is 5.32 Å². The summed E-state index contributed by atoms with van der Waals surface area (Å²) in [7, 11) is 1.24. The van der Waals surface area contributed by atoms with Crippen LogP contribution in [0.15, 0.2) is 54.6 Å². The molecule has 0 aliphatic heterocycles. The van der Waals surface area contributed by atoms with Gasteiger partial charge in [0.05, 0.1) is 18.5 Å². The molecule has 0 aliphatic rings. The molecule has 0 spiro atoms. The maximum absolute atomic E-state index is 12.2. The van der Waals surface area contributed by atoms with Gasteiger partial charge in [-0.1, -0.05) is 42.5 Å². The highest BCUT2D eigenvalue weighted by Gasteiger charge is 2.22. The molecule has 1 amide bonds. The molecule has 0 unspecified atom stereocenters. The van der Waals surface area contributed by atoms with Gasteiger partial charge in [0.2, 0.25) is 5.91 Å². The van der Waals surface area contributed by atoms with Crippen LogP contribution >= 0.6 is 0 Å². The Hall–Kier alpha value is -3.22. The van der Waals surface area contributed by atoms with Crippen molar-refractivity contribution in [2.24, 2.45) is 0 Å². The van der Waals surface area contributed by atoms with Crippen molar-refractivity contribution in [3.63, 3.8) is 0 Å². The summed E-state index contributed by atoms with van der Waals surface area (Å²) >= 11 is 0. The lowest BCUT2D eigenvalue weighted by atomic mass is 10.0. The Bertz CT molecular complexity index is 744. The molecule has 7 nitrogen and oxygen atoms in total. The average molecular weight is 342 g/mol. The Morgan fingerprint density at radius 1 is 1.08 bits per heavy atom. The van der Waals surface area contributed by atoms with E-state index in [9.17, 15) is 19.7 Å². The summed E-state index contributed by atoms with van der Waals surface area (Å²) in [6.07, 6.45) is 0.333. The smallest absolute Gasteiger partial charge is 0.328 e. The fourth-order valence-corrected chi connectivity index (χ4v) is 2.35. The number of carbonyl (C=O) groups is 2. The van der Waals surface area contributed by atoms with Crippen molar-refractivity contribution in [2.45, 2.75) is 18.9 Å². The molecule has 0 radical (unpaired) electrons. The van der Waals surface area contributed by atoms with Gasteiger partial charge in [-0.15, -0.1) is 0 Å². The Labute approximate surface area is 144 Å². The third kappa shape index (κ3) is 5.42. The molecule has 0 saturated carbocycles. The van der Waals surface area contributed by atoms with E-state index in [1.165, 1.54) is 19.2 Å². The number of benzene rings is 2. The SMILES string of the molecule is COC(=O)[C@H](Cc1ccc([N+](=O)[O-])cc1)NC(=O)Cc1ccccc1. The summed E-state index contributed by atoms with van der Waals surface area (Å²) in [5.74, 6) is -0.872. The number of hydrogen-bond acceptors (Lipinski definition) is 5. The van der Waals surface area contributed by atoms with Gasteiger partial charge in [0.15, 0.2) is 0 Å². The van der Waals surface area contributed by atoms with Gasteiger partial charge in [0.25, 0.3) is 5.69 Å². The van der Waals surface area contributed by atoms with E-state index in [1.54, 1.807) is 12.1 Å². The van der Waals surface area contributed by atoms with Crippen molar-refractivity contribution >= 4 is 17.6 Å². The Kier molecular flexibility index (Phi) is 6.22. The molecule has 2 rings (SSSR count). The van der Waals surface area contributed by atoms with Gasteiger partial charge in [0.1, 0.15) is 6.04 Å². The van der Waals surface area contributed by atoms with Crippen LogP contribution in [0.2, 0.25) is 0 Å². The van der Waals surface area contributed by atoms with Gasteiger partial charge in [-0.05, 0) is 11.1 Å². The first kappa shape index (κ1) is 18.1. The Morgan fingerprint density at radius 2 is 1.72 bits per heavy atom. The van der Waals surface area contributed by atoms with E-state index in [4.69, 9.17) is 4.74 Å². The second-order valence-corrected chi connectivity index (χ2v) is 5.43. The minimum atomic E-state index is -0.859. The molecule has 130 valence electrons. The second-order valence-electron chi connectivity index (χ2n) is 5.43. The average Bonchev–Trinajstić information content (AvgIpc) is 2.61. The molecule has 25 heavy (non-hydrogen) atoms. The molecule has 0 aliphatic carbocycles. The van der Waals surface area contributed by atoms with E-state index in [1.807, 2.05) is 30.3 Å². The predicted octanol–water partition coefficient (Wildman–Crippen LogP) is 2.04. The van der Waals surface area contributed by atoms with Crippen LogP contribution in [0.4, 0.5) is 5.69 Å². The molecule has 1 N–H and O–H groups in total. The minimum absolute atomic E-state index is 0.0357. The minimum Gasteiger partial charge on any atom is -0.467 e. The number of esters is 1. The third-order valence-electron chi connectivity index (χ3n) is 3.62. The van der Waals surface area contributed by atoms with E-state index in [0.29, 0.717) is 5.56 Å². The number of amides is 1. The largest absolute Gasteiger partial charge is 0.467 e. The quantitative estimate of drug-likeness (QED) is 0.472. The summed E-state index contributed by atoms with van der Waals surface area (Å²) < 4.78 is 4.74. The number of non-ortho nitro benzene ring substituents is 1. The number of ether oxygens (including phenoxy) is 1. The fraction of sp³-hybridized carbons (Fsp3) is 0.222. The number of carbonyl (C=O) groups excluding carboxylic acids is 2. The van der Waals surface area contributed by atoms with Crippen LogP contribution in [-0.2, 0) is 27.2 Å². The molecular formula is C18H18N2O5. The van der Waals surface area contributed by atoms with Crippen molar-refractivity contribution in [1.82, 2.24) is 5.32 Å². The summed E-state index contributed by atoms with van der Waals surface area (Å²) in [6.45, 7) is 0. The maximum Gasteiger partial charge on any atom is 0.328 e. The summed E-state index contributed by atoms with van der Waals surface area (Å²) in [5, 5.41) is 13.3. The molecule has 2 aromatic rings. The van der Waals surface area contributed by atoms with Gasteiger partial charge in [0, 0.05) is 18.6 Å². The zero-order valence-electron chi connectivity index (χ0n) is 13.7. The van der Waals surface area contributed by atoms with Crippen LogP contribution in [0.5, 0.6) is 0 Å². The number of rotatable bonds is 7. The number of nitrogens with zero attached hydrogens (tertiary/aromatic N) is 1. The van der Waals surface area contributed by atoms with E-state index in [2.05, 4.69) is 5.32 Å². The van der Waals surface area contributed by atoms with Crippen molar-refractivity contribution in [1.29, 1.82) is 0 Å². The number of nitro groups is 1. The summed E-state index contributed by atoms with van der Waals surface area (Å²) in [5.41, 5.74) is 1.48. The van der Waals surface area contributed by atoms with Crippen LogP contribution in [0, 0.1) is 10.1 Å². The second kappa shape index (κ2) is 8.58. The van der Waals surface area contributed by atoms with E-state index >= 15 is 0 Å². The Balaban J connectivity index is 2.04. The van der Waals surface area contributed by atoms with Gasteiger partial charge in [-0.3, -0.25) is 14.9 Å². The molecule has 2 aromatic carbocycles. The normalized spacial score (nSPS) is 11.4. The highest BCUT2D eigenvalue weighted by atomic mass is 16.6. The molecule has 0 aromatic heterocycles. The van der Waals surface area contributed by atoms with E-state index in [-0.39, 0.29) is 24.4 Å². The fourth-order valence-electron chi connectivity index (χ4n) is 2.35. The van der Waals surface area contributed by atoms with E-state index < -0.39 is 16.9 Å². The highest BCUT2D eigenvalue weighted by molar-refractivity contribution is 5.85. The Morgan fingerprint density at radius 3 is 2.28 bits per heavy atom. The topological polar surface area (TPSA) is 98.5 Å². The van der Waals surface area contributed by atoms with Gasteiger partial charge >= 0.3 is 5.97 Å². The van der Waals surface area contributed by atoms with Crippen molar-refractivity contribution in [3.8, 4) is 0 Å². The van der Waals surface area contributed by atoms with Crippen LogP contribution in [-0.4, -0.2) is 30.0 Å². The van der Waals surface area contributed by atoms with Crippen LogP contribution in [0.3, 0.4) is 0 Å². The van der Waals surface area contributed by atoms with Crippen molar-refractivity contribution in [2.75, 3.05) is 7.11 Å². The zero-order chi connectivity index (χ0) is 18.2. The molecule has 0 fully saturated rings. The number of nitro benzene ring substituents is 1. The maximum atomic E-state index is 12.2. The van der Waals surface area contributed by atoms with E-state index in [0.717, 1.165) is 5.56 Å². The molecule has 0 heterocycles. The lowest BCUT2D eigenvalue weighted by Crippen LogP contribution is -2.43. The number of methoxy groups -OCH3 is 1. The van der Waals surface area contributed by atoms with Gasteiger partial charge < -0.3 is 10.1 Å². The first-order valence-electron chi connectivity index (χ1n) is 7.64. The lowest BCUT2D eigenvalue weighted by Gasteiger charge is -2.16. The van der Waals surface area contributed by atoms with Crippen molar-refractivity contribution in [3.05, 3.63) is 75.8 Å². The van der Waals surface area contributed by atoms with Gasteiger partial charge in [-0.2, -0.15) is 0 Å². The first-order valence-corrected chi connectivity index (χ1v) is 7.64. The molecule has 7 heteroatoms. The highest BCUT2D eigenvalue weighted by Crippen LogP contribution is 2.13. The zero-order valence-corrected chi connectivity index (χ0v) is 13.7. The monoisotopic (exact) mass is 342 g/mol. The van der Waals surface area contributed by atoms with Crippen LogP contribution in [0.1, 0.15) is 11.1 Å². The number of nitrogens with one attached hydrogen (secondary N) is 1. The van der Waals surface area contributed by atoms with Crippen molar-refractivity contribution < 1.29 is 19.2 Å². The summed E-state index contributed by atoms with van der Waals surface area (Å²) in [6, 6.07) is 14.1.